The molecule has 0 saturated carbocycles. The molecule has 1 aromatic rings. The van der Waals surface area contributed by atoms with Crippen molar-refractivity contribution in [3.05, 3.63) is 11.9 Å². The van der Waals surface area contributed by atoms with Crippen LogP contribution in [0.5, 0.6) is 5.88 Å². The Labute approximate surface area is 118 Å². The molecule has 0 atom stereocenters. The maximum Gasteiger partial charge on any atom is 0.218 e. The molecule has 1 fully saturated rings. The third-order valence-electron chi connectivity index (χ3n) is 3.21. The molecule has 1 aliphatic heterocycles. The third-order valence-corrected chi connectivity index (χ3v) is 3.72. The molecule has 2 heterocycles. The number of aromatic nitrogens is 2. The molecule has 1 saturated heterocycles. The Morgan fingerprint density at radius 2 is 2.16 bits per heavy atom. The zero-order valence-electron chi connectivity index (χ0n) is 11.4. The van der Waals surface area contributed by atoms with Gasteiger partial charge in [0, 0.05) is 25.2 Å². The molecule has 1 N–H and O–H groups in total. The first-order valence-electron chi connectivity index (χ1n) is 6.58. The third kappa shape index (κ3) is 3.70. The number of nitrogens with one attached hydrogen (secondary N) is 1. The van der Waals surface area contributed by atoms with Crippen molar-refractivity contribution < 1.29 is 9.47 Å². The Bertz CT molecular complexity index is 422. The van der Waals surface area contributed by atoms with Crippen LogP contribution < -0.4 is 10.1 Å². The number of hydrogen-bond acceptors (Lipinski definition) is 5. The fourth-order valence-corrected chi connectivity index (χ4v) is 2.49. The van der Waals surface area contributed by atoms with Gasteiger partial charge in [0.15, 0.2) is 0 Å². The first kappa shape index (κ1) is 14.3. The van der Waals surface area contributed by atoms with Crippen molar-refractivity contribution in [2.45, 2.75) is 32.2 Å². The van der Waals surface area contributed by atoms with Gasteiger partial charge in [-0.3, -0.25) is 0 Å². The van der Waals surface area contributed by atoms with Gasteiger partial charge >= 0.3 is 0 Å². The summed E-state index contributed by atoms with van der Waals surface area (Å²) in [5.74, 6) is 2.57. The van der Waals surface area contributed by atoms with Crippen LogP contribution >= 0.6 is 11.6 Å². The van der Waals surface area contributed by atoms with Gasteiger partial charge in [0.2, 0.25) is 5.88 Å². The van der Waals surface area contributed by atoms with Crippen LogP contribution in [-0.4, -0.2) is 41.2 Å². The summed E-state index contributed by atoms with van der Waals surface area (Å²) in [6.45, 7) is 5.82. The second kappa shape index (κ2) is 6.39. The van der Waals surface area contributed by atoms with Crippen LogP contribution in [0.25, 0.3) is 0 Å². The highest BCUT2D eigenvalue weighted by molar-refractivity contribution is 6.18. The van der Waals surface area contributed by atoms with E-state index in [-0.39, 0.29) is 5.54 Å². The number of ether oxygens (including phenoxy) is 2. The number of halogens is 1. The Kier molecular flexibility index (Phi) is 4.82. The van der Waals surface area contributed by atoms with Crippen LogP contribution in [0.4, 0.5) is 5.82 Å². The van der Waals surface area contributed by atoms with Crippen molar-refractivity contribution in [3.63, 3.8) is 0 Å². The van der Waals surface area contributed by atoms with Gasteiger partial charge in [-0.05, 0) is 26.7 Å². The molecular weight excluding hydrogens is 266 g/mol. The maximum absolute atomic E-state index is 6.14. The van der Waals surface area contributed by atoms with Gasteiger partial charge in [-0.15, -0.1) is 11.6 Å². The van der Waals surface area contributed by atoms with Gasteiger partial charge in [-0.25, -0.2) is 4.98 Å². The van der Waals surface area contributed by atoms with E-state index in [9.17, 15) is 0 Å². The highest BCUT2D eigenvalue weighted by atomic mass is 35.5. The van der Waals surface area contributed by atoms with E-state index in [4.69, 9.17) is 21.1 Å². The van der Waals surface area contributed by atoms with E-state index in [1.54, 1.807) is 0 Å². The van der Waals surface area contributed by atoms with E-state index in [2.05, 4.69) is 15.3 Å². The Hall–Kier alpha value is -1.07. The summed E-state index contributed by atoms with van der Waals surface area (Å²) in [5, 5.41) is 3.44. The highest BCUT2D eigenvalue weighted by Gasteiger charge is 2.32. The molecule has 1 aliphatic rings. The van der Waals surface area contributed by atoms with Crippen LogP contribution in [0.3, 0.4) is 0 Å². The molecule has 0 unspecified atom stereocenters. The lowest BCUT2D eigenvalue weighted by atomic mass is 9.92. The van der Waals surface area contributed by atoms with Crippen LogP contribution in [0.15, 0.2) is 6.07 Å². The van der Waals surface area contributed by atoms with Gasteiger partial charge in [-0.2, -0.15) is 4.98 Å². The van der Waals surface area contributed by atoms with Gasteiger partial charge in [0.1, 0.15) is 11.6 Å². The van der Waals surface area contributed by atoms with Gasteiger partial charge < -0.3 is 14.8 Å². The molecule has 1 aromatic heterocycles. The summed E-state index contributed by atoms with van der Waals surface area (Å²) < 4.78 is 10.8. The van der Waals surface area contributed by atoms with Gasteiger partial charge in [-0.1, -0.05) is 0 Å². The van der Waals surface area contributed by atoms with E-state index in [1.165, 1.54) is 0 Å². The second-order valence-corrected chi connectivity index (χ2v) is 4.99. The monoisotopic (exact) mass is 285 g/mol. The largest absolute Gasteiger partial charge is 0.478 e. The molecular formula is C13H20ClN3O2. The Balaban J connectivity index is 2.16. The first-order valence-corrected chi connectivity index (χ1v) is 7.11. The number of alkyl halides is 1. The zero-order chi connectivity index (χ0) is 13.7. The lowest BCUT2D eigenvalue weighted by Crippen LogP contribution is -2.45. The summed E-state index contributed by atoms with van der Waals surface area (Å²) in [7, 11) is 0. The van der Waals surface area contributed by atoms with E-state index < -0.39 is 0 Å². The molecule has 0 aliphatic carbocycles. The minimum Gasteiger partial charge on any atom is -0.478 e. The fourth-order valence-electron chi connectivity index (χ4n) is 2.15. The maximum atomic E-state index is 6.14. The molecule has 0 aromatic carbocycles. The van der Waals surface area contributed by atoms with Crippen molar-refractivity contribution in [1.29, 1.82) is 0 Å². The van der Waals surface area contributed by atoms with E-state index in [0.717, 1.165) is 31.9 Å². The highest BCUT2D eigenvalue weighted by Crippen LogP contribution is 2.27. The summed E-state index contributed by atoms with van der Waals surface area (Å²) in [5.41, 5.74) is -0.149. The second-order valence-electron chi connectivity index (χ2n) is 4.72. The minimum absolute atomic E-state index is 0.149. The van der Waals surface area contributed by atoms with Gasteiger partial charge in [0.25, 0.3) is 0 Å². The normalized spacial score (nSPS) is 18.1. The Morgan fingerprint density at radius 3 is 2.79 bits per heavy atom. The number of hydrogen-bond donors (Lipinski definition) is 1. The molecule has 0 bridgehead atoms. The standard InChI is InChI=1S/C13H20ClN3O2/c1-3-19-12-8-11(15-10(2)16-12)17-13(9-14)4-6-18-7-5-13/h8H,3-7,9H2,1-2H3,(H,15,16,17). The number of aryl methyl sites for hydroxylation is 1. The predicted molar refractivity (Wildman–Crippen MR) is 75.1 cm³/mol. The molecule has 0 radical (unpaired) electrons. The van der Waals surface area contributed by atoms with Crippen molar-refractivity contribution in [2.75, 3.05) is 31.0 Å². The van der Waals surface area contributed by atoms with Crippen LogP contribution in [-0.2, 0) is 4.74 Å². The molecule has 106 valence electrons. The topological polar surface area (TPSA) is 56.3 Å². The lowest BCUT2D eigenvalue weighted by Gasteiger charge is -2.36. The van der Waals surface area contributed by atoms with E-state index in [1.807, 2.05) is 19.9 Å². The zero-order valence-corrected chi connectivity index (χ0v) is 12.2. The number of nitrogens with zero attached hydrogens (tertiary/aromatic N) is 2. The number of anilines is 1. The summed E-state index contributed by atoms with van der Waals surface area (Å²) in [6, 6.07) is 1.82. The summed E-state index contributed by atoms with van der Waals surface area (Å²) in [6.07, 6.45) is 1.76. The van der Waals surface area contributed by atoms with E-state index in [0.29, 0.717) is 24.2 Å². The van der Waals surface area contributed by atoms with Gasteiger partial charge in [0.05, 0.1) is 12.1 Å². The average Bonchev–Trinajstić information content (AvgIpc) is 2.39. The Morgan fingerprint density at radius 1 is 1.42 bits per heavy atom. The van der Waals surface area contributed by atoms with Crippen molar-refractivity contribution in [3.8, 4) is 5.88 Å². The lowest BCUT2D eigenvalue weighted by molar-refractivity contribution is 0.0666. The predicted octanol–water partition coefficient (Wildman–Crippen LogP) is 2.38. The summed E-state index contributed by atoms with van der Waals surface area (Å²) in [4.78, 5) is 8.64. The summed E-state index contributed by atoms with van der Waals surface area (Å²) >= 11 is 6.14. The first-order chi connectivity index (χ1) is 9.17. The molecule has 2 rings (SSSR count). The van der Waals surface area contributed by atoms with Crippen molar-refractivity contribution >= 4 is 17.4 Å². The average molecular weight is 286 g/mol. The van der Waals surface area contributed by atoms with Crippen LogP contribution in [0, 0.1) is 6.92 Å². The van der Waals surface area contributed by atoms with Crippen molar-refractivity contribution in [1.82, 2.24) is 9.97 Å². The smallest absolute Gasteiger partial charge is 0.218 e. The van der Waals surface area contributed by atoms with Crippen LogP contribution in [0.1, 0.15) is 25.6 Å². The molecule has 0 amide bonds. The molecule has 5 nitrogen and oxygen atoms in total. The molecule has 6 heteroatoms. The molecule has 19 heavy (non-hydrogen) atoms. The minimum atomic E-state index is -0.149. The van der Waals surface area contributed by atoms with Crippen molar-refractivity contribution in [2.24, 2.45) is 0 Å². The van der Waals surface area contributed by atoms with Crippen LogP contribution in [0.2, 0.25) is 0 Å². The number of rotatable bonds is 5. The fraction of sp³-hybridized carbons (Fsp3) is 0.692. The molecule has 0 spiro atoms. The quantitative estimate of drug-likeness (QED) is 0.842. The SMILES string of the molecule is CCOc1cc(NC2(CCl)CCOCC2)nc(C)n1. The van der Waals surface area contributed by atoms with E-state index >= 15 is 0 Å².